The Bertz CT molecular complexity index is 451. The van der Waals surface area contributed by atoms with Crippen LogP contribution >= 0.6 is 0 Å². The molecule has 4 nitrogen and oxygen atoms in total. The number of likely N-dealkylation sites (tertiary alicyclic amines) is 1. The zero-order valence-corrected chi connectivity index (χ0v) is 10.0. The quantitative estimate of drug-likeness (QED) is 0.718. The summed E-state index contributed by atoms with van der Waals surface area (Å²) in [4.78, 5) is 9.05. The van der Waals surface area contributed by atoms with Crippen molar-refractivity contribution in [3.05, 3.63) is 23.9 Å². The van der Waals surface area contributed by atoms with Gasteiger partial charge in [0, 0.05) is 32.4 Å². The molecule has 0 amide bonds. The molecule has 4 heteroatoms. The van der Waals surface area contributed by atoms with Gasteiger partial charge in [0.05, 0.1) is 5.56 Å². The van der Waals surface area contributed by atoms with Crippen LogP contribution in [0.15, 0.2) is 18.3 Å². The number of rotatable bonds is 1. The number of anilines is 1. The minimum atomic E-state index is 0.695. The summed E-state index contributed by atoms with van der Waals surface area (Å²) in [7, 11) is 2.18. The lowest BCUT2D eigenvalue weighted by Crippen LogP contribution is -2.27. The molecule has 2 aliphatic rings. The Morgan fingerprint density at radius 3 is 2.65 bits per heavy atom. The summed E-state index contributed by atoms with van der Waals surface area (Å²) in [6.07, 6.45) is 1.77. The highest BCUT2D eigenvalue weighted by Gasteiger charge is 2.39. The molecule has 0 radical (unpaired) electrons. The lowest BCUT2D eigenvalue weighted by Gasteiger charge is -2.20. The van der Waals surface area contributed by atoms with Crippen molar-refractivity contribution in [2.24, 2.45) is 11.8 Å². The van der Waals surface area contributed by atoms with E-state index in [0.29, 0.717) is 5.56 Å². The number of fused-ring (bicyclic) bond motifs is 1. The number of hydrogen-bond donors (Lipinski definition) is 0. The first-order valence-corrected chi connectivity index (χ1v) is 6.06. The molecule has 0 bridgehead atoms. The lowest BCUT2D eigenvalue weighted by molar-refractivity contribution is 0.387. The highest BCUT2D eigenvalue weighted by atomic mass is 15.3. The molecule has 17 heavy (non-hydrogen) atoms. The lowest BCUT2D eigenvalue weighted by atomic mass is 10.0. The molecule has 0 spiro atoms. The first kappa shape index (κ1) is 10.5. The van der Waals surface area contributed by atoms with Gasteiger partial charge < -0.3 is 9.80 Å². The molecule has 1 aromatic rings. The van der Waals surface area contributed by atoms with Crippen LogP contribution in [0.5, 0.6) is 0 Å². The van der Waals surface area contributed by atoms with Crippen LogP contribution in [0.3, 0.4) is 0 Å². The average Bonchev–Trinajstić information content (AvgIpc) is 2.86. The SMILES string of the molecule is CN1CC2CN(c3ncccc3C#N)CC2C1. The predicted octanol–water partition coefficient (Wildman–Crippen LogP) is 0.951. The highest BCUT2D eigenvalue weighted by molar-refractivity contribution is 5.54. The molecule has 2 atom stereocenters. The van der Waals surface area contributed by atoms with E-state index in [4.69, 9.17) is 5.26 Å². The van der Waals surface area contributed by atoms with Gasteiger partial charge in [-0.3, -0.25) is 0 Å². The van der Waals surface area contributed by atoms with Crippen molar-refractivity contribution >= 4 is 5.82 Å². The minimum absolute atomic E-state index is 0.695. The first-order valence-electron chi connectivity index (χ1n) is 6.06. The van der Waals surface area contributed by atoms with Gasteiger partial charge in [-0.2, -0.15) is 5.26 Å². The monoisotopic (exact) mass is 228 g/mol. The van der Waals surface area contributed by atoms with E-state index < -0.39 is 0 Å². The van der Waals surface area contributed by atoms with Crippen LogP contribution < -0.4 is 4.90 Å². The summed E-state index contributed by atoms with van der Waals surface area (Å²) in [5.74, 6) is 2.36. The molecule has 0 aromatic carbocycles. The second-order valence-electron chi connectivity index (χ2n) is 5.13. The van der Waals surface area contributed by atoms with E-state index in [0.717, 1.165) is 30.7 Å². The van der Waals surface area contributed by atoms with Crippen LogP contribution in [-0.4, -0.2) is 43.1 Å². The molecule has 1 aromatic heterocycles. The van der Waals surface area contributed by atoms with Crippen molar-refractivity contribution in [3.63, 3.8) is 0 Å². The van der Waals surface area contributed by atoms with Crippen LogP contribution in [0.1, 0.15) is 5.56 Å². The Hall–Kier alpha value is -1.60. The molecular weight excluding hydrogens is 212 g/mol. The van der Waals surface area contributed by atoms with E-state index in [-0.39, 0.29) is 0 Å². The molecule has 88 valence electrons. The fourth-order valence-corrected chi connectivity index (χ4v) is 3.14. The Kier molecular flexibility index (Phi) is 2.49. The molecule has 2 fully saturated rings. The summed E-state index contributed by atoms with van der Waals surface area (Å²) in [6.45, 7) is 4.44. The zero-order chi connectivity index (χ0) is 11.8. The molecule has 2 unspecified atom stereocenters. The smallest absolute Gasteiger partial charge is 0.146 e. The fraction of sp³-hybridized carbons (Fsp3) is 0.538. The van der Waals surface area contributed by atoms with Gasteiger partial charge >= 0.3 is 0 Å². The maximum atomic E-state index is 9.10. The topological polar surface area (TPSA) is 43.2 Å². The molecular formula is C13H16N4. The van der Waals surface area contributed by atoms with E-state index in [2.05, 4.69) is 27.9 Å². The van der Waals surface area contributed by atoms with Gasteiger partial charge in [0.15, 0.2) is 0 Å². The normalized spacial score (nSPS) is 28.1. The van der Waals surface area contributed by atoms with Crippen molar-refractivity contribution < 1.29 is 0 Å². The van der Waals surface area contributed by atoms with Crippen LogP contribution in [0.4, 0.5) is 5.82 Å². The van der Waals surface area contributed by atoms with Crippen LogP contribution in [0.25, 0.3) is 0 Å². The van der Waals surface area contributed by atoms with E-state index >= 15 is 0 Å². The predicted molar refractivity (Wildman–Crippen MR) is 65.6 cm³/mol. The highest BCUT2D eigenvalue weighted by Crippen LogP contribution is 2.33. The standard InChI is InChI=1S/C13H16N4/c1-16-6-11-8-17(9-12(11)7-16)13-10(5-14)3-2-4-15-13/h2-4,11-12H,6-9H2,1H3. The number of aromatic nitrogens is 1. The third kappa shape index (κ3) is 1.77. The van der Waals surface area contributed by atoms with E-state index in [1.54, 1.807) is 6.20 Å². The van der Waals surface area contributed by atoms with Gasteiger partial charge in [0.1, 0.15) is 11.9 Å². The Morgan fingerprint density at radius 2 is 2.00 bits per heavy atom. The molecule has 0 saturated carbocycles. The fourth-order valence-electron chi connectivity index (χ4n) is 3.14. The van der Waals surface area contributed by atoms with Crippen molar-refractivity contribution in [1.82, 2.24) is 9.88 Å². The maximum Gasteiger partial charge on any atom is 0.146 e. The van der Waals surface area contributed by atoms with Gasteiger partial charge in [-0.1, -0.05) is 0 Å². The second kappa shape index (κ2) is 4.01. The van der Waals surface area contributed by atoms with E-state index in [1.807, 2.05) is 12.1 Å². The molecule has 0 aliphatic carbocycles. The van der Waals surface area contributed by atoms with Crippen LogP contribution in [0, 0.1) is 23.2 Å². The number of nitriles is 1. The number of nitrogens with zero attached hydrogens (tertiary/aromatic N) is 4. The van der Waals surface area contributed by atoms with Gasteiger partial charge in [0.2, 0.25) is 0 Å². The average molecular weight is 228 g/mol. The first-order chi connectivity index (χ1) is 8.28. The van der Waals surface area contributed by atoms with Crippen molar-refractivity contribution in [3.8, 4) is 6.07 Å². The molecule has 2 saturated heterocycles. The van der Waals surface area contributed by atoms with Crippen molar-refractivity contribution in [1.29, 1.82) is 5.26 Å². The van der Waals surface area contributed by atoms with Crippen LogP contribution in [0.2, 0.25) is 0 Å². The van der Waals surface area contributed by atoms with E-state index in [1.165, 1.54) is 13.1 Å². The minimum Gasteiger partial charge on any atom is -0.355 e. The largest absolute Gasteiger partial charge is 0.355 e. The Morgan fingerprint density at radius 1 is 1.29 bits per heavy atom. The van der Waals surface area contributed by atoms with Gasteiger partial charge in [0.25, 0.3) is 0 Å². The molecule has 2 aliphatic heterocycles. The third-order valence-electron chi connectivity index (χ3n) is 3.88. The third-order valence-corrected chi connectivity index (χ3v) is 3.88. The summed E-state index contributed by atoms with van der Waals surface area (Å²) < 4.78 is 0. The summed E-state index contributed by atoms with van der Waals surface area (Å²) in [5.41, 5.74) is 0.695. The summed E-state index contributed by atoms with van der Waals surface area (Å²) in [6, 6.07) is 5.91. The summed E-state index contributed by atoms with van der Waals surface area (Å²) in [5, 5.41) is 9.10. The van der Waals surface area contributed by atoms with Gasteiger partial charge in [-0.05, 0) is 31.0 Å². The maximum absolute atomic E-state index is 9.10. The Labute approximate surface area is 101 Å². The molecule has 0 N–H and O–H groups in total. The van der Waals surface area contributed by atoms with E-state index in [9.17, 15) is 0 Å². The Balaban J connectivity index is 1.82. The van der Waals surface area contributed by atoms with Crippen LogP contribution in [-0.2, 0) is 0 Å². The van der Waals surface area contributed by atoms with Gasteiger partial charge in [-0.15, -0.1) is 0 Å². The zero-order valence-electron chi connectivity index (χ0n) is 10.0. The second-order valence-corrected chi connectivity index (χ2v) is 5.13. The molecule has 3 heterocycles. The molecule has 3 rings (SSSR count). The summed E-state index contributed by atoms with van der Waals surface area (Å²) >= 11 is 0. The van der Waals surface area contributed by atoms with Crippen molar-refractivity contribution in [2.75, 3.05) is 38.1 Å². The van der Waals surface area contributed by atoms with Gasteiger partial charge in [-0.25, -0.2) is 4.98 Å². The number of hydrogen-bond acceptors (Lipinski definition) is 4. The number of pyridine rings is 1. The van der Waals surface area contributed by atoms with Crippen molar-refractivity contribution in [2.45, 2.75) is 0 Å².